The van der Waals surface area contributed by atoms with Crippen molar-refractivity contribution in [2.45, 2.75) is 147 Å². The summed E-state index contributed by atoms with van der Waals surface area (Å²) in [6.07, 6.45) is -8.28. The minimum absolute atomic E-state index is 0.474. The van der Waals surface area contributed by atoms with Gasteiger partial charge in [-0.2, -0.15) is 0 Å². The van der Waals surface area contributed by atoms with Crippen molar-refractivity contribution in [2.75, 3.05) is 33.4 Å². The molecule has 72 heavy (non-hydrogen) atoms. The van der Waals surface area contributed by atoms with E-state index in [1.165, 1.54) is 13.8 Å². The molecular formula is C39H62F2N6O23P2. The summed E-state index contributed by atoms with van der Waals surface area (Å²) in [4.78, 5) is 96.7. The number of carbonyl (C=O) groups excluding carboxylic acids is 3. The Kier molecular flexibility index (Phi) is 21.1. The number of nitrogens with one attached hydrogen (secondary N) is 4. The molecule has 0 radical (unpaired) electrons. The lowest BCUT2D eigenvalue weighted by molar-refractivity contribution is -0.150. The van der Waals surface area contributed by atoms with E-state index in [1.807, 2.05) is 15.1 Å². The van der Waals surface area contributed by atoms with Gasteiger partial charge in [0.15, 0.2) is 23.7 Å². The van der Waals surface area contributed by atoms with Gasteiger partial charge in [0.2, 0.25) is 6.79 Å². The van der Waals surface area contributed by atoms with E-state index in [0.29, 0.717) is 4.57 Å². The fourth-order valence-electron chi connectivity index (χ4n) is 6.73. The van der Waals surface area contributed by atoms with Crippen LogP contribution in [0.1, 0.15) is 81.7 Å². The fourth-order valence-corrected chi connectivity index (χ4v) is 9.17. The molecule has 33 heteroatoms. The molecule has 2 saturated heterocycles. The molecule has 4 rings (SSSR count). The van der Waals surface area contributed by atoms with Gasteiger partial charge < -0.3 is 53.7 Å². The third-order valence-corrected chi connectivity index (χ3v) is 13.1. The topological polar surface area (TPSA) is 403 Å². The number of H-pyrrole nitrogens is 2. The number of carbonyl (C=O) groups is 3. The Labute approximate surface area is 408 Å². The van der Waals surface area contributed by atoms with Crippen LogP contribution < -0.4 is 32.7 Å². The van der Waals surface area contributed by atoms with E-state index in [4.69, 9.17) is 37.3 Å². The molecule has 0 saturated carbocycles. The number of aromatic amines is 2. The quantitative estimate of drug-likeness (QED) is 0.0308. The number of hydrogen-bond acceptors (Lipinski definition) is 22. The molecule has 9 N–H and O–H groups in total. The molecule has 0 spiro atoms. The zero-order valence-corrected chi connectivity index (χ0v) is 42.5. The maximum absolute atomic E-state index is 14.5. The van der Waals surface area contributed by atoms with Crippen molar-refractivity contribution < 1.29 is 99.6 Å². The van der Waals surface area contributed by atoms with E-state index < -0.39 is 167 Å². The number of ether oxygens (including phenoxy) is 6. The van der Waals surface area contributed by atoms with E-state index >= 15 is 0 Å². The lowest BCUT2D eigenvalue weighted by Crippen LogP contribution is -2.53. The van der Waals surface area contributed by atoms with Crippen molar-refractivity contribution >= 4 is 33.6 Å². The predicted molar refractivity (Wildman–Crippen MR) is 239 cm³/mol. The first-order chi connectivity index (χ1) is 33.1. The molecule has 2 fully saturated rings. The third kappa shape index (κ3) is 15.5. The second kappa shape index (κ2) is 24.6. The average molecular weight is 1080 g/mol. The lowest BCUT2D eigenvalue weighted by atomic mass is 9.88. The summed E-state index contributed by atoms with van der Waals surface area (Å²) in [5, 5.41) is 47.3. The smallest absolute Gasteiger partial charge is 0.462 e. The lowest BCUT2D eigenvalue weighted by Gasteiger charge is -2.32. The standard InChI is InChI=1S/C22H35FN3O13P.C17H27FN3O10P/c1-12(2)37-16(28)14(5)25-40(33,36-11-34-20(31)38-13(3)4)35-10-22(9-23)17(29)21(6,32)18(39-22)26-8-7-15(27)24-19(26)30;1-9(2)30-12(23)10(3)20-32(27,28)29-8-17(7-18)13(24)16(4,26)14(31-17)21-6-5-11(22)19-15(21)25/h7-8,12-14,17-18,29,32H,9-11H2,1-6H3,(H,25,33)(H,24,27,30);5-6,9-10,13-14,24,26H,7-8H2,1-4H3,(H,19,22,25)(H2,20,27,28)/t14-,17-,18+,21+,22+,40?;10-,13-,14+,16+,17+/m00/s1. The van der Waals surface area contributed by atoms with E-state index in [-0.39, 0.29) is 0 Å². The van der Waals surface area contributed by atoms with Gasteiger partial charge in [0.25, 0.3) is 11.1 Å². The van der Waals surface area contributed by atoms with Crippen molar-refractivity contribution in [3.63, 3.8) is 0 Å². The van der Waals surface area contributed by atoms with Crippen LogP contribution in [-0.2, 0) is 60.7 Å². The molecule has 2 aromatic rings. The molecular weight excluding hydrogens is 1020 g/mol. The predicted octanol–water partition coefficient (Wildman–Crippen LogP) is -0.592. The Bertz CT molecular complexity index is 2540. The van der Waals surface area contributed by atoms with E-state index in [2.05, 4.69) is 9.82 Å². The van der Waals surface area contributed by atoms with Crippen LogP contribution in [-0.4, -0.2) is 161 Å². The van der Waals surface area contributed by atoms with E-state index in [9.17, 15) is 76.8 Å². The summed E-state index contributed by atoms with van der Waals surface area (Å²) in [5.41, 5.74) is -12.9. The van der Waals surface area contributed by atoms with Gasteiger partial charge in [0.05, 0.1) is 31.5 Å². The minimum atomic E-state index is -4.74. The maximum atomic E-state index is 14.5. The molecule has 2 aromatic heterocycles. The highest BCUT2D eigenvalue weighted by Crippen LogP contribution is 2.50. The zero-order chi connectivity index (χ0) is 54.9. The number of alkyl halides is 2. The van der Waals surface area contributed by atoms with Crippen molar-refractivity contribution in [2.24, 2.45) is 0 Å². The molecule has 0 aliphatic carbocycles. The number of hydrogen-bond donors (Lipinski definition) is 9. The van der Waals surface area contributed by atoms with Crippen molar-refractivity contribution in [1.82, 2.24) is 29.3 Å². The van der Waals surface area contributed by atoms with Gasteiger partial charge in [-0.1, -0.05) is 0 Å². The highest BCUT2D eigenvalue weighted by molar-refractivity contribution is 7.51. The van der Waals surface area contributed by atoms with Gasteiger partial charge in [-0.3, -0.25) is 51.9 Å². The van der Waals surface area contributed by atoms with Gasteiger partial charge in [0, 0.05) is 24.5 Å². The summed E-state index contributed by atoms with van der Waals surface area (Å²) < 4.78 is 101. The second-order valence-electron chi connectivity index (χ2n) is 17.7. The summed E-state index contributed by atoms with van der Waals surface area (Å²) in [5.74, 6) is -1.70. The third-order valence-electron chi connectivity index (χ3n) is 10.3. The van der Waals surface area contributed by atoms with Crippen LogP contribution in [0.15, 0.2) is 43.7 Å². The van der Waals surface area contributed by atoms with Crippen LogP contribution in [0.5, 0.6) is 0 Å². The molecule has 2 aliphatic rings. The minimum Gasteiger partial charge on any atom is -0.462 e. The number of aliphatic hydroxyl groups is 4. The SMILES string of the molecule is CC(C)OC(=O)OCOP(=O)(N[C@@H](C)C(=O)OC(C)C)OC[C@@]1(CF)O[C@@H](n2ccc(=O)[nH]c2=O)[C@](C)(O)[C@@H]1O.CC(C)OC(=O)[C@H](C)NP(=O)(O)OC[C@@]1(CF)O[C@@H](n2ccc(=O)[nH]c2=O)[C@](C)(O)[C@@H]1O. The molecule has 410 valence electrons. The van der Waals surface area contributed by atoms with E-state index in [0.717, 1.165) is 42.9 Å². The highest BCUT2D eigenvalue weighted by atomic mass is 31.2. The first-order valence-electron chi connectivity index (χ1n) is 21.7. The second-order valence-corrected chi connectivity index (χ2v) is 21.0. The number of esters is 2. The number of nitrogens with zero attached hydrogens (tertiary/aromatic N) is 2. The Morgan fingerprint density at radius 3 is 1.46 bits per heavy atom. The normalized spacial score (nSPS) is 28.6. The van der Waals surface area contributed by atoms with Gasteiger partial charge in [-0.25, -0.2) is 42.5 Å². The Morgan fingerprint density at radius 2 is 1.08 bits per heavy atom. The Balaban J connectivity index is 0.000000390. The fraction of sp³-hybridized carbons (Fsp3) is 0.718. The molecule has 2 aliphatic heterocycles. The van der Waals surface area contributed by atoms with Gasteiger partial charge >= 0.3 is 45.0 Å². The molecule has 2 unspecified atom stereocenters. The average Bonchev–Trinajstić information content (AvgIpc) is 3.58. The van der Waals surface area contributed by atoms with Gasteiger partial charge in [-0.15, -0.1) is 0 Å². The van der Waals surface area contributed by atoms with Crippen LogP contribution in [0.2, 0.25) is 0 Å². The largest absolute Gasteiger partial charge is 0.510 e. The summed E-state index contributed by atoms with van der Waals surface area (Å²) >= 11 is 0. The van der Waals surface area contributed by atoms with Crippen molar-refractivity contribution in [1.29, 1.82) is 0 Å². The monoisotopic (exact) mass is 1080 g/mol. The molecule has 29 nitrogen and oxygen atoms in total. The molecule has 0 bridgehead atoms. The number of aromatic nitrogens is 4. The number of aliphatic hydroxyl groups excluding tert-OH is 2. The van der Waals surface area contributed by atoms with Crippen LogP contribution in [0, 0.1) is 0 Å². The van der Waals surface area contributed by atoms with Crippen LogP contribution in [0.3, 0.4) is 0 Å². The highest BCUT2D eigenvalue weighted by Gasteiger charge is 2.64. The number of rotatable bonds is 22. The van der Waals surface area contributed by atoms with Crippen molar-refractivity contribution in [3.05, 3.63) is 66.2 Å². The zero-order valence-electron chi connectivity index (χ0n) is 40.7. The van der Waals surface area contributed by atoms with Crippen LogP contribution in [0.4, 0.5) is 13.6 Å². The molecule has 4 heterocycles. The molecule has 12 atom stereocenters. The van der Waals surface area contributed by atoms with E-state index in [1.54, 1.807) is 41.5 Å². The summed E-state index contributed by atoms with van der Waals surface area (Å²) in [6, 6.07) is -0.697. The van der Waals surface area contributed by atoms with Crippen LogP contribution >= 0.6 is 15.5 Å². The Hall–Kier alpha value is -4.59. The first-order valence-corrected chi connectivity index (χ1v) is 24.8. The van der Waals surface area contributed by atoms with Crippen LogP contribution in [0.25, 0.3) is 0 Å². The van der Waals surface area contributed by atoms with Gasteiger partial charge in [0.1, 0.15) is 48.8 Å². The first kappa shape index (κ1) is 61.7. The molecule has 0 amide bonds. The number of halogens is 2. The maximum Gasteiger partial charge on any atom is 0.510 e. The van der Waals surface area contributed by atoms with Crippen molar-refractivity contribution in [3.8, 4) is 0 Å². The Morgan fingerprint density at radius 1 is 0.694 bits per heavy atom. The summed E-state index contributed by atoms with van der Waals surface area (Å²) in [6.45, 7) is 7.89. The molecule has 0 aromatic carbocycles. The van der Waals surface area contributed by atoms with Gasteiger partial charge in [-0.05, 0) is 69.2 Å². The summed E-state index contributed by atoms with van der Waals surface area (Å²) in [7, 11) is -9.42.